The molecule has 0 heterocycles. The number of aryl methyl sites for hydroxylation is 3. The summed E-state index contributed by atoms with van der Waals surface area (Å²) in [5.74, 6) is 0.743. The lowest BCUT2D eigenvalue weighted by Gasteiger charge is -2.21. The third-order valence-electron chi connectivity index (χ3n) is 4.36. The van der Waals surface area contributed by atoms with Crippen LogP contribution in [-0.4, -0.2) is 18.1 Å². The largest absolute Gasteiger partial charge is 0.480 e. The molecule has 0 fully saturated rings. The highest BCUT2D eigenvalue weighted by atomic mass is 16.5. The van der Waals surface area contributed by atoms with Crippen molar-refractivity contribution in [2.24, 2.45) is 0 Å². The van der Waals surface area contributed by atoms with Crippen LogP contribution in [0.1, 0.15) is 43.4 Å². The van der Waals surface area contributed by atoms with Gasteiger partial charge in [0.2, 0.25) is 0 Å². The van der Waals surface area contributed by atoms with Gasteiger partial charge >= 0.3 is 0 Å². The number of carbonyl (C=O) groups excluding carboxylic acids is 1. The molecule has 3 heteroatoms. The fourth-order valence-electron chi connectivity index (χ4n) is 2.84. The fourth-order valence-corrected chi connectivity index (χ4v) is 2.84. The zero-order valence-corrected chi connectivity index (χ0v) is 15.7. The molecule has 0 radical (unpaired) electrons. The fraction of sp³-hybridized carbons (Fsp3) is 0.409. The summed E-state index contributed by atoms with van der Waals surface area (Å²) in [5, 5.41) is 3.09. The Balaban J connectivity index is 1.88. The van der Waals surface area contributed by atoms with Gasteiger partial charge in [0, 0.05) is 6.04 Å². The van der Waals surface area contributed by atoms with Crippen molar-refractivity contribution in [2.75, 3.05) is 0 Å². The van der Waals surface area contributed by atoms with Gasteiger partial charge in [-0.3, -0.25) is 4.79 Å². The molecule has 0 aliphatic rings. The normalized spacial score (nSPS) is 13.1. The maximum absolute atomic E-state index is 12.5. The van der Waals surface area contributed by atoms with E-state index in [0.29, 0.717) is 6.42 Å². The quantitative estimate of drug-likeness (QED) is 0.763. The number of nitrogens with one attached hydrogen (secondary N) is 1. The second-order valence-electron chi connectivity index (χ2n) is 6.72. The Morgan fingerprint density at radius 3 is 2.48 bits per heavy atom. The molecular weight excluding hydrogens is 310 g/mol. The smallest absolute Gasteiger partial charge is 0.261 e. The van der Waals surface area contributed by atoms with Gasteiger partial charge in [-0.1, -0.05) is 55.0 Å². The topological polar surface area (TPSA) is 38.3 Å². The van der Waals surface area contributed by atoms with Crippen LogP contribution in [0.4, 0.5) is 0 Å². The lowest BCUT2D eigenvalue weighted by molar-refractivity contribution is -0.128. The van der Waals surface area contributed by atoms with E-state index in [9.17, 15) is 4.79 Å². The highest BCUT2D eigenvalue weighted by molar-refractivity contribution is 5.81. The van der Waals surface area contributed by atoms with Crippen molar-refractivity contribution in [3.8, 4) is 5.75 Å². The zero-order valence-electron chi connectivity index (χ0n) is 15.7. The molecule has 3 nitrogen and oxygen atoms in total. The minimum atomic E-state index is -0.458. The van der Waals surface area contributed by atoms with Crippen LogP contribution >= 0.6 is 0 Å². The number of hydrogen-bond acceptors (Lipinski definition) is 2. The Morgan fingerprint density at radius 2 is 1.84 bits per heavy atom. The summed E-state index contributed by atoms with van der Waals surface area (Å²) in [6.45, 7) is 8.08. The first kappa shape index (κ1) is 19.0. The molecule has 0 spiro atoms. The summed E-state index contributed by atoms with van der Waals surface area (Å²) in [7, 11) is 0. The summed E-state index contributed by atoms with van der Waals surface area (Å²) in [6, 6.07) is 16.5. The van der Waals surface area contributed by atoms with Gasteiger partial charge in [0.1, 0.15) is 5.75 Å². The number of ether oxygens (including phenoxy) is 1. The summed E-state index contributed by atoms with van der Waals surface area (Å²) in [6.07, 6.45) is 2.05. The third-order valence-corrected chi connectivity index (χ3v) is 4.36. The van der Waals surface area contributed by atoms with Gasteiger partial charge in [-0.25, -0.2) is 0 Å². The Kier molecular flexibility index (Phi) is 7.05. The predicted octanol–water partition coefficient (Wildman–Crippen LogP) is 4.60. The molecule has 2 rings (SSSR count). The van der Waals surface area contributed by atoms with E-state index >= 15 is 0 Å². The maximum Gasteiger partial charge on any atom is 0.261 e. The second kappa shape index (κ2) is 9.26. The first-order valence-electron chi connectivity index (χ1n) is 9.07. The Morgan fingerprint density at radius 1 is 1.12 bits per heavy atom. The van der Waals surface area contributed by atoms with Crippen LogP contribution in [-0.2, 0) is 11.2 Å². The highest BCUT2D eigenvalue weighted by Crippen LogP contribution is 2.21. The van der Waals surface area contributed by atoms with Gasteiger partial charge in [-0.05, 0) is 57.2 Å². The van der Waals surface area contributed by atoms with Crippen LogP contribution in [0.2, 0.25) is 0 Å². The number of benzene rings is 2. The van der Waals surface area contributed by atoms with Crippen molar-refractivity contribution in [1.82, 2.24) is 5.32 Å². The molecule has 25 heavy (non-hydrogen) atoms. The van der Waals surface area contributed by atoms with E-state index in [4.69, 9.17) is 4.74 Å². The standard InChI is InChI=1S/C22H29NO2/c1-5-20(25-21-14-11-16(2)15-17(21)3)22(24)23-18(4)12-13-19-9-7-6-8-10-19/h6-11,14-15,18,20H,5,12-13H2,1-4H3,(H,23,24)/t18-,20+/m0/s1. The molecule has 0 unspecified atom stereocenters. The molecule has 0 aromatic heterocycles. The molecule has 0 saturated heterocycles. The number of rotatable bonds is 8. The molecule has 2 aromatic carbocycles. The summed E-state index contributed by atoms with van der Waals surface area (Å²) >= 11 is 0. The van der Waals surface area contributed by atoms with Crippen LogP contribution in [0.15, 0.2) is 48.5 Å². The van der Waals surface area contributed by atoms with Crippen molar-refractivity contribution in [3.05, 3.63) is 65.2 Å². The van der Waals surface area contributed by atoms with Crippen molar-refractivity contribution in [3.63, 3.8) is 0 Å². The van der Waals surface area contributed by atoms with E-state index in [1.54, 1.807) is 0 Å². The van der Waals surface area contributed by atoms with Crippen LogP contribution in [0.3, 0.4) is 0 Å². The summed E-state index contributed by atoms with van der Waals surface area (Å²) in [4.78, 5) is 12.5. The first-order valence-corrected chi connectivity index (χ1v) is 9.07. The highest BCUT2D eigenvalue weighted by Gasteiger charge is 2.20. The average molecular weight is 339 g/mol. The lowest BCUT2D eigenvalue weighted by Crippen LogP contribution is -2.42. The van der Waals surface area contributed by atoms with Crippen LogP contribution in [0.25, 0.3) is 0 Å². The van der Waals surface area contributed by atoms with Crippen LogP contribution < -0.4 is 10.1 Å². The SMILES string of the molecule is CC[C@@H](Oc1ccc(C)cc1C)C(=O)N[C@@H](C)CCc1ccccc1. The summed E-state index contributed by atoms with van der Waals surface area (Å²) < 4.78 is 5.96. The van der Waals surface area contributed by atoms with Crippen LogP contribution in [0, 0.1) is 13.8 Å². The van der Waals surface area contributed by atoms with Crippen LogP contribution in [0.5, 0.6) is 5.75 Å². The molecule has 0 bridgehead atoms. The van der Waals surface area contributed by atoms with Crippen molar-refractivity contribution in [2.45, 2.75) is 59.1 Å². The molecule has 0 saturated carbocycles. The van der Waals surface area contributed by atoms with Crippen molar-refractivity contribution < 1.29 is 9.53 Å². The Bertz CT molecular complexity index is 682. The predicted molar refractivity (Wildman–Crippen MR) is 103 cm³/mol. The van der Waals surface area contributed by atoms with Crippen molar-refractivity contribution in [1.29, 1.82) is 0 Å². The number of hydrogen-bond donors (Lipinski definition) is 1. The minimum Gasteiger partial charge on any atom is -0.480 e. The average Bonchev–Trinajstić information content (AvgIpc) is 2.60. The van der Waals surface area contributed by atoms with Gasteiger partial charge in [0.15, 0.2) is 6.10 Å². The first-order chi connectivity index (χ1) is 12.0. The lowest BCUT2D eigenvalue weighted by atomic mass is 10.1. The monoisotopic (exact) mass is 339 g/mol. The summed E-state index contributed by atoms with van der Waals surface area (Å²) in [5.41, 5.74) is 3.54. The Labute approximate surface area is 151 Å². The molecular formula is C22H29NO2. The minimum absolute atomic E-state index is 0.0389. The molecule has 1 amide bonds. The van der Waals surface area contributed by atoms with Crippen molar-refractivity contribution >= 4 is 5.91 Å². The van der Waals surface area contributed by atoms with E-state index in [-0.39, 0.29) is 11.9 Å². The number of amides is 1. The molecule has 0 aliphatic carbocycles. The third kappa shape index (κ3) is 5.93. The van der Waals surface area contributed by atoms with E-state index in [0.717, 1.165) is 24.2 Å². The maximum atomic E-state index is 12.5. The van der Waals surface area contributed by atoms with Gasteiger partial charge in [0.25, 0.3) is 5.91 Å². The van der Waals surface area contributed by atoms with E-state index in [1.165, 1.54) is 11.1 Å². The molecule has 0 aliphatic heterocycles. The number of carbonyl (C=O) groups is 1. The molecule has 134 valence electrons. The van der Waals surface area contributed by atoms with Gasteiger partial charge < -0.3 is 10.1 Å². The molecule has 2 aromatic rings. The van der Waals surface area contributed by atoms with Gasteiger partial charge in [-0.2, -0.15) is 0 Å². The van der Waals surface area contributed by atoms with Gasteiger partial charge in [0.05, 0.1) is 0 Å². The zero-order chi connectivity index (χ0) is 18.2. The molecule has 2 atom stereocenters. The van der Waals surface area contributed by atoms with E-state index < -0.39 is 6.10 Å². The molecule has 1 N–H and O–H groups in total. The van der Waals surface area contributed by atoms with Gasteiger partial charge in [-0.15, -0.1) is 0 Å². The van der Waals surface area contributed by atoms with E-state index in [1.807, 2.05) is 51.1 Å². The van der Waals surface area contributed by atoms with E-state index in [2.05, 4.69) is 30.4 Å². The second-order valence-corrected chi connectivity index (χ2v) is 6.72. The Hall–Kier alpha value is -2.29.